The zero-order chi connectivity index (χ0) is 18.4. The third kappa shape index (κ3) is 5.41. The Labute approximate surface area is 147 Å². The maximum Gasteiger partial charge on any atom is 0.244 e. The molecule has 0 radical (unpaired) electrons. The molecule has 2 aromatic rings. The molecule has 0 aliphatic rings. The van der Waals surface area contributed by atoms with Crippen molar-refractivity contribution in [2.24, 2.45) is 0 Å². The molecule has 0 atom stereocenters. The number of halogens is 1. The molecule has 25 heavy (non-hydrogen) atoms. The van der Waals surface area contributed by atoms with E-state index in [1.165, 1.54) is 24.0 Å². The van der Waals surface area contributed by atoms with Crippen LogP contribution in [0.25, 0.3) is 0 Å². The van der Waals surface area contributed by atoms with Gasteiger partial charge in [-0.05, 0) is 49.1 Å². The average molecular weight is 342 g/mol. The highest BCUT2D eigenvalue weighted by Gasteiger charge is 2.15. The van der Waals surface area contributed by atoms with Gasteiger partial charge in [-0.25, -0.2) is 4.39 Å². The number of benzene rings is 2. The van der Waals surface area contributed by atoms with Crippen molar-refractivity contribution in [3.05, 3.63) is 65.0 Å². The average Bonchev–Trinajstić information content (AvgIpc) is 2.56. The van der Waals surface area contributed by atoms with Gasteiger partial charge in [0.2, 0.25) is 11.8 Å². The minimum absolute atomic E-state index is 0.00962. The number of anilines is 1. The molecule has 2 rings (SSSR count). The quantitative estimate of drug-likeness (QED) is 0.874. The molecule has 0 spiro atoms. The molecule has 1 N–H and O–H groups in total. The number of hydrogen-bond acceptors (Lipinski definition) is 2. The number of nitrogens with zero attached hydrogens (tertiary/aromatic N) is 1. The van der Waals surface area contributed by atoms with E-state index in [0.29, 0.717) is 13.0 Å². The topological polar surface area (TPSA) is 49.4 Å². The van der Waals surface area contributed by atoms with Crippen LogP contribution in [0.15, 0.2) is 42.5 Å². The molecule has 0 aliphatic heterocycles. The van der Waals surface area contributed by atoms with Crippen molar-refractivity contribution >= 4 is 17.5 Å². The number of nitrogens with one attached hydrogen (secondary N) is 1. The fourth-order valence-electron chi connectivity index (χ4n) is 2.63. The first-order chi connectivity index (χ1) is 11.9. The Morgan fingerprint density at radius 3 is 2.20 bits per heavy atom. The second-order valence-corrected chi connectivity index (χ2v) is 6.13. The summed E-state index contributed by atoms with van der Waals surface area (Å²) in [6.07, 6.45) is 0.566. The third-order valence-corrected chi connectivity index (χ3v) is 4.11. The minimum Gasteiger partial charge on any atom is -0.333 e. The van der Waals surface area contributed by atoms with Gasteiger partial charge in [0.25, 0.3) is 0 Å². The molecule has 0 fully saturated rings. The van der Waals surface area contributed by atoms with Gasteiger partial charge in [0, 0.05) is 19.2 Å². The number of rotatable bonds is 6. The largest absolute Gasteiger partial charge is 0.333 e. The number of carbonyl (C=O) groups is 2. The highest BCUT2D eigenvalue weighted by Crippen LogP contribution is 2.19. The van der Waals surface area contributed by atoms with Crippen molar-refractivity contribution in [2.45, 2.75) is 27.2 Å². The van der Waals surface area contributed by atoms with Crippen LogP contribution < -0.4 is 5.32 Å². The second kappa shape index (κ2) is 8.42. The van der Waals surface area contributed by atoms with E-state index in [1.54, 1.807) is 12.1 Å². The highest BCUT2D eigenvalue weighted by atomic mass is 19.1. The van der Waals surface area contributed by atoms with Crippen LogP contribution in [0.4, 0.5) is 10.1 Å². The van der Waals surface area contributed by atoms with Gasteiger partial charge in [0.05, 0.1) is 6.54 Å². The van der Waals surface area contributed by atoms with Crippen molar-refractivity contribution in [3.63, 3.8) is 0 Å². The summed E-state index contributed by atoms with van der Waals surface area (Å²) in [7, 11) is 0. The summed E-state index contributed by atoms with van der Waals surface area (Å²) in [5, 5.41) is 2.89. The molecule has 0 bridgehead atoms. The van der Waals surface area contributed by atoms with E-state index in [9.17, 15) is 14.0 Å². The van der Waals surface area contributed by atoms with Crippen molar-refractivity contribution in [1.82, 2.24) is 4.90 Å². The number of amides is 2. The van der Waals surface area contributed by atoms with E-state index in [-0.39, 0.29) is 24.2 Å². The summed E-state index contributed by atoms with van der Waals surface area (Å²) in [4.78, 5) is 25.7. The Balaban J connectivity index is 1.97. The molecule has 2 amide bonds. The summed E-state index contributed by atoms with van der Waals surface area (Å²) in [6.45, 7) is 5.70. The SMILES string of the molecule is CC(=O)N(CCc1ccc(F)cc1)CC(=O)Nc1c(C)cccc1C. The fraction of sp³-hybridized carbons (Fsp3) is 0.300. The lowest BCUT2D eigenvalue weighted by Gasteiger charge is -2.21. The van der Waals surface area contributed by atoms with Gasteiger partial charge < -0.3 is 10.2 Å². The van der Waals surface area contributed by atoms with Crippen LogP contribution >= 0.6 is 0 Å². The third-order valence-electron chi connectivity index (χ3n) is 4.11. The van der Waals surface area contributed by atoms with E-state index < -0.39 is 0 Å². The summed E-state index contributed by atoms with van der Waals surface area (Å²) in [5.74, 6) is -0.689. The van der Waals surface area contributed by atoms with E-state index in [0.717, 1.165) is 22.4 Å². The van der Waals surface area contributed by atoms with Crippen molar-refractivity contribution in [2.75, 3.05) is 18.4 Å². The Bertz CT molecular complexity index is 737. The zero-order valence-corrected chi connectivity index (χ0v) is 14.8. The second-order valence-electron chi connectivity index (χ2n) is 6.13. The predicted octanol–water partition coefficient (Wildman–Crippen LogP) is 3.47. The fourth-order valence-corrected chi connectivity index (χ4v) is 2.63. The lowest BCUT2D eigenvalue weighted by atomic mass is 10.1. The first-order valence-corrected chi connectivity index (χ1v) is 8.23. The normalized spacial score (nSPS) is 10.4. The van der Waals surface area contributed by atoms with Gasteiger partial charge in [0.15, 0.2) is 0 Å². The molecular formula is C20H23FN2O2. The maximum absolute atomic E-state index is 12.9. The van der Waals surface area contributed by atoms with Crippen LogP contribution in [-0.2, 0) is 16.0 Å². The number of hydrogen-bond donors (Lipinski definition) is 1. The van der Waals surface area contributed by atoms with Crippen LogP contribution in [0.5, 0.6) is 0 Å². The van der Waals surface area contributed by atoms with Crippen LogP contribution in [-0.4, -0.2) is 29.8 Å². The lowest BCUT2D eigenvalue weighted by Crippen LogP contribution is -2.38. The van der Waals surface area contributed by atoms with Gasteiger partial charge in [-0.1, -0.05) is 30.3 Å². The Morgan fingerprint density at radius 2 is 1.64 bits per heavy atom. The molecule has 0 saturated carbocycles. The Hall–Kier alpha value is -2.69. The predicted molar refractivity (Wildman–Crippen MR) is 96.9 cm³/mol. The van der Waals surface area contributed by atoms with E-state index in [1.807, 2.05) is 32.0 Å². The first-order valence-electron chi connectivity index (χ1n) is 8.23. The molecule has 2 aromatic carbocycles. The molecule has 0 aromatic heterocycles. The Morgan fingerprint density at radius 1 is 1.04 bits per heavy atom. The summed E-state index contributed by atoms with van der Waals surface area (Å²) in [5.41, 5.74) is 3.67. The zero-order valence-electron chi connectivity index (χ0n) is 14.8. The van der Waals surface area contributed by atoms with Gasteiger partial charge in [-0.15, -0.1) is 0 Å². The molecule has 0 saturated heterocycles. The molecule has 0 aliphatic carbocycles. The summed E-state index contributed by atoms with van der Waals surface area (Å²) >= 11 is 0. The van der Waals surface area contributed by atoms with Crippen LogP contribution in [0, 0.1) is 19.7 Å². The lowest BCUT2D eigenvalue weighted by molar-refractivity contribution is -0.132. The first kappa shape index (κ1) is 18.6. The smallest absolute Gasteiger partial charge is 0.244 e. The van der Waals surface area contributed by atoms with E-state index in [2.05, 4.69) is 5.32 Å². The highest BCUT2D eigenvalue weighted by molar-refractivity contribution is 5.95. The molecule has 5 heteroatoms. The summed E-state index contributed by atoms with van der Waals surface area (Å²) in [6, 6.07) is 11.9. The molecule has 0 unspecified atom stereocenters. The molecule has 4 nitrogen and oxygen atoms in total. The number of para-hydroxylation sites is 1. The minimum atomic E-state index is -0.292. The number of aryl methyl sites for hydroxylation is 2. The summed E-state index contributed by atoms with van der Waals surface area (Å²) < 4.78 is 12.9. The van der Waals surface area contributed by atoms with E-state index in [4.69, 9.17) is 0 Å². The van der Waals surface area contributed by atoms with Crippen LogP contribution in [0.1, 0.15) is 23.6 Å². The van der Waals surface area contributed by atoms with Gasteiger partial charge in [-0.3, -0.25) is 9.59 Å². The Kier molecular flexibility index (Phi) is 6.28. The standard InChI is InChI=1S/C20H23FN2O2/c1-14-5-4-6-15(2)20(14)22-19(25)13-23(16(3)24)12-11-17-7-9-18(21)10-8-17/h4-10H,11-13H2,1-3H3,(H,22,25). The van der Waals surface area contributed by atoms with Gasteiger partial charge in [0.1, 0.15) is 5.82 Å². The van der Waals surface area contributed by atoms with Crippen molar-refractivity contribution in [3.8, 4) is 0 Å². The molecule has 0 heterocycles. The van der Waals surface area contributed by atoms with Gasteiger partial charge in [-0.2, -0.15) is 0 Å². The van der Waals surface area contributed by atoms with Crippen molar-refractivity contribution in [1.29, 1.82) is 0 Å². The van der Waals surface area contributed by atoms with E-state index >= 15 is 0 Å². The maximum atomic E-state index is 12.9. The van der Waals surface area contributed by atoms with Gasteiger partial charge >= 0.3 is 0 Å². The monoisotopic (exact) mass is 342 g/mol. The molecule has 132 valence electrons. The number of carbonyl (C=O) groups excluding carboxylic acids is 2. The van der Waals surface area contributed by atoms with Crippen molar-refractivity contribution < 1.29 is 14.0 Å². The van der Waals surface area contributed by atoms with Crippen LogP contribution in [0.2, 0.25) is 0 Å². The molecular weight excluding hydrogens is 319 g/mol. The van der Waals surface area contributed by atoms with Crippen LogP contribution in [0.3, 0.4) is 0 Å².